The Morgan fingerprint density at radius 3 is 2.85 bits per heavy atom. The van der Waals surface area contributed by atoms with Gasteiger partial charge in [-0.05, 0) is 12.5 Å². The van der Waals surface area contributed by atoms with Crippen molar-refractivity contribution in [1.82, 2.24) is 0 Å². The Hall–Kier alpha value is -0.280. The highest BCUT2D eigenvalue weighted by Gasteiger charge is 2.09. The average Bonchev–Trinajstić information content (AvgIpc) is 2.10. The minimum Gasteiger partial charge on any atom is -0.294 e. The van der Waals surface area contributed by atoms with E-state index in [0.717, 1.165) is 16.0 Å². The van der Waals surface area contributed by atoms with Crippen molar-refractivity contribution in [1.29, 1.82) is 0 Å². The van der Waals surface area contributed by atoms with Crippen molar-refractivity contribution in [3.63, 3.8) is 0 Å². The maximum absolute atomic E-state index is 11.5. The number of hydrogen-bond donors (Lipinski definition) is 1. The van der Waals surface area contributed by atoms with Crippen LogP contribution in [0.25, 0.3) is 0 Å². The molecule has 0 bridgehead atoms. The van der Waals surface area contributed by atoms with Gasteiger partial charge in [-0.25, -0.2) is 0 Å². The van der Waals surface area contributed by atoms with Crippen LogP contribution in [-0.4, -0.2) is 11.1 Å². The number of ketones is 1. The van der Waals surface area contributed by atoms with Crippen LogP contribution in [0.1, 0.15) is 22.3 Å². The number of carbonyl (C=O) groups excluding carboxylic acids is 1. The topological polar surface area (TPSA) is 17.1 Å². The molecule has 3 heteroatoms. The lowest BCUT2D eigenvalue weighted by atomic mass is 10.1. The fourth-order valence-electron chi connectivity index (χ4n) is 1.10. The van der Waals surface area contributed by atoms with E-state index in [4.69, 9.17) is 0 Å². The van der Waals surface area contributed by atoms with Crippen LogP contribution in [0.4, 0.5) is 0 Å². The van der Waals surface area contributed by atoms with E-state index in [1.807, 2.05) is 25.1 Å². The molecule has 0 aliphatic carbocycles. The van der Waals surface area contributed by atoms with Crippen molar-refractivity contribution in [3.05, 3.63) is 29.3 Å². The van der Waals surface area contributed by atoms with E-state index in [1.54, 1.807) is 0 Å². The summed E-state index contributed by atoms with van der Waals surface area (Å²) >= 11 is 7.55. The summed E-state index contributed by atoms with van der Waals surface area (Å²) in [4.78, 5) is 12.3. The predicted octanol–water partition coefficient (Wildman–Crippen LogP) is 3.25. The summed E-state index contributed by atoms with van der Waals surface area (Å²) in [6, 6.07) is 5.66. The Balaban J connectivity index is 3.01. The van der Waals surface area contributed by atoms with Crippen molar-refractivity contribution in [3.8, 4) is 0 Å². The standard InChI is InChI=1S/C10H11BrOS/c1-7-3-2-4-8(10(7)13)9(12)5-6-11/h2-4,13H,5-6H2,1H3. The second-order valence-corrected chi connectivity index (χ2v) is 4.07. The lowest BCUT2D eigenvalue weighted by Gasteiger charge is -2.05. The molecule has 1 aromatic carbocycles. The predicted molar refractivity (Wildman–Crippen MR) is 61.2 cm³/mol. The smallest absolute Gasteiger partial charge is 0.164 e. The normalized spacial score (nSPS) is 10.1. The van der Waals surface area contributed by atoms with Gasteiger partial charge in [0.05, 0.1) is 0 Å². The number of rotatable bonds is 3. The van der Waals surface area contributed by atoms with Crippen LogP contribution in [0, 0.1) is 6.92 Å². The fraction of sp³-hybridized carbons (Fsp3) is 0.300. The first-order valence-electron chi connectivity index (χ1n) is 4.04. The molecule has 13 heavy (non-hydrogen) atoms. The van der Waals surface area contributed by atoms with Crippen LogP contribution in [0.3, 0.4) is 0 Å². The summed E-state index contributed by atoms with van der Waals surface area (Å²) in [7, 11) is 0. The van der Waals surface area contributed by atoms with Crippen LogP contribution >= 0.6 is 28.6 Å². The molecule has 0 heterocycles. The molecule has 0 saturated heterocycles. The lowest BCUT2D eigenvalue weighted by Crippen LogP contribution is -2.01. The molecule has 0 N–H and O–H groups in total. The molecule has 0 saturated carbocycles. The number of thiol groups is 1. The van der Waals surface area contributed by atoms with E-state index in [9.17, 15) is 4.79 Å². The molecule has 0 spiro atoms. The first-order valence-corrected chi connectivity index (χ1v) is 5.61. The van der Waals surface area contributed by atoms with Crippen molar-refractivity contribution in [2.45, 2.75) is 18.2 Å². The second kappa shape index (κ2) is 4.82. The molecule has 0 aromatic heterocycles. The number of carbonyl (C=O) groups is 1. The third-order valence-electron chi connectivity index (χ3n) is 1.86. The van der Waals surface area contributed by atoms with E-state index >= 15 is 0 Å². The molecule has 0 atom stereocenters. The zero-order chi connectivity index (χ0) is 9.84. The molecular formula is C10H11BrOS. The summed E-state index contributed by atoms with van der Waals surface area (Å²) < 4.78 is 0. The number of aryl methyl sites for hydroxylation is 1. The molecule has 1 rings (SSSR count). The fourth-order valence-corrected chi connectivity index (χ4v) is 1.74. The first-order chi connectivity index (χ1) is 6.16. The van der Waals surface area contributed by atoms with Gasteiger partial charge < -0.3 is 0 Å². The molecule has 0 amide bonds. The van der Waals surface area contributed by atoms with Crippen molar-refractivity contribution in [2.75, 3.05) is 5.33 Å². The molecule has 0 unspecified atom stereocenters. The van der Waals surface area contributed by atoms with E-state index in [0.29, 0.717) is 11.8 Å². The summed E-state index contributed by atoms with van der Waals surface area (Å²) in [6.07, 6.45) is 0.525. The molecular weight excluding hydrogens is 248 g/mol. The van der Waals surface area contributed by atoms with E-state index in [1.165, 1.54) is 0 Å². The van der Waals surface area contributed by atoms with Crippen LogP contribution in [0.5, 0.6) is 0 Å². The van der Waals surface area contributed by atoms with Crippen LogP contribution < -0.4 is 0 Å². The largest absolute Gasteiger partial charge is 0.294 e. The van der Waals surface area contributed by atoms with Gasteiger partial charge in [0.25, 0.3) is 0 Å². The number of alkyl halides is 1. The van der Waals surface area contributed by atoms with Gasteiger partial charge in [0, 0.05) is 22.2 Å². The minimum atomic E-state index is 0.144. The third-order valence-corrected chi connectivity index (χ3v) is 2.85. The number of halogens is 1. The first kappa shape index (κ1) is 10.8. The Labute approximate surface area is 92.1 Å². The maximum Gasteiger partial charge on any atom is 0.164 e. The summed E-state index contributed by atoms with van der Waals surface area (Å²) in [5, 5.41) is 0.701. The molecule has 0 aliphatic heterocycles. The maximum atomic E-state index is 11.5. The summed E-state index contributed by atoms with van der Waals surface area (Å²) in [6.45, 7) is 1.95. The van der Waals surface area contributed by atoms with Gasteiger partial charge in [-0.2, -0.15) is 0 Å². The van der Waals surface area contributed by atoms with Crippen LogP contribution in [0.15, 0.2) is 23.1 Å². The molecule has 1 aromatic rings. The van der Waals surface area contributed by atoms with Crippen molar-refractivity contribution in [2.24, 2.45) is 0 Å². The number of benzene rings is 1. The van der Waals surface area contributed by atoms with E-state index in [2.05, 4.69) is 28.6 Å². The summed E-state index contributed by atoms with van der Waals surface area (Å²) in [5.74, 6) is 0.144. The Morgan fingerprint density at radius 1 is 1.54 bits per heavy atom. The van der Waals surface area contributed by atoms with Gasteiger partial charge in [0.15, 0.2) is 5.78 Å². The van der Waals surface area contributed by atoms with Gasteiger partial charge in [0.2, 0.25) is 0 Å². The zero-order valence-electron chi connectivity index (χ0n) is 7.38. The molecule has 0 aliphatic rings. The summed E-state index contributed by atoms with van der Waals surface area (Å²) in [5.41, 5.74) is 1.77. The van der Waals surface area contributed by atoms with Crippen molar-refractivity contribution < 1.29 is 4.79 Å². The Bertz CT molecular complexity index is 323. The molecule has 0 radical (unpaired) electrons. The Kier molecular flexibility index (Phi) is 4.00. The SMILES string of the molecule is Cc1cccc(C(=O)CCBr)c1S. The minimum absolute atomic E-state index is 0.144. The monoisotopic (exact) mass is 258 g/mol. The third kappa shape index (κ3) is 2.58. The Morgan fingerprint density at radius 2 is 2.23 bits per heavy atom. The highest BCUT2D eigenvalue weighted by atomic mass is 79.9. The van der Waals surface area contributed by atoms with E-state index in [-0.39, 0.29) is 5.78 Å². The van der Waals surface area contributed by atoms with E-state index < -0.39 is 0 Å². The van der Waals surface area contributed by atoms with Crippen LogP contribution in [-0.2, 0) is 0 Å². The van der Waals surface area contributed by atoms with Crippen molar-refractivity contribution >= 4 is 34.3 Å². The number of hydrogen-bond acceptors (Lipinski definition) is 2. The lowest BCUT2D eigenvalue weighted by molar-refractivity contribution is 0.0987. The highest BCUT2D eigenvalue weighted by molar-refractivity contribution is 9.09. The van der Waals surface area contributed by atoms with Gasteiger partial charge in [-0.15, -0.1) is 12.6 Å². The second-order valence-electron chi connectivity index (χ2n) is 2.83. The van der Waals surface area contributed by atoms with Gasteiger partial charge in [0.1, 0.15) is 0 Å². The molecule has 70 valence electrons. The zero-order valence-corrected chi connectivity index (χ0v) is 9.86. The van der Waals surface area contributed by atoms with Gasteiger partial charge in [-0.3, -0.25) is 4.79 Å². The van der Waals surface area contributed by atoms with Gasteiger partial charge >= 0.3 is 0 Å². The molecule has 0 fully saturated rings. The quantitative estimate of drug-likeness (QED) is 0.501. The van der Waals surface area contributed by atoms with Crippen LogP contribution in [0.2, 0.25) is 0 Å². The highest BCUT2D eigenvalue weighted by Crippen LogP contribution is 2.19. The van der Waals surface area contributed by atoms with Gasteiger partial charge in [-0.1, -0.05) is 34.1 Å². The average molecular weight is 259 g/mol. The molecule has 1 nitrogen and oxygen atoms in total. The number of Topliss-reactive ketones (excluding diaryl/α,β-unsaturated/α-hetero) is 1.